The fourth-order valence-corrected chi connectivity index (χ4v) is 4.30. The van der Waals surface area contributed by atoms with E-state index in [-0.39, 0.29) is 11.4 Å². The second-order valence-electron chi connectivity index (χ2n) is 5.08. The summed E-state index contributed by atoms with van der Waals surface area (Å²) in [5.74, 6) is 0.620. The second-order valence-corrected chi connectivity index (χ2v) is 7.82. The zero-order valence-corrected chi connectivity index (χ0v) is 15.6. The number of anilines is 1. The minimum absolute atomic E-state index is 0.0874. The lowest BCUT2D eigenvalue weighted by molar-refractivity contribution is 0.411. The zero-order valence-electron chi connectivity index (χ0n) is 13.3. The molecule has 24 heavy (non-hydrogen) atoms. The summed E-state index contributed by atoms with van der Waals surface area (Å²) in [5, 5.41) is 0.709. The lowest BCUT2D eigenvalue weighted by Crippen LogP contribution is -2.31. The Balaban J connectivity index is 2.56. The summed E-state index contributed by atoms with van der Waals surface area (Å²) >= 11 is 12.0. The Hall–Kier alpha value is -1.69. The highest BCUT2D eigenvalue weighted by Gasteiger charge is 2.25. The van der Waals surface area contributed by atoms with Crippen LogP contribution in [0.2, 0.25) is 10.0 Å². The molecule has 4 nitrogen and oxygen atoms in total. The van der Waals surface area contributed by atoms with Gasteiger partial charge in [-0.15, -0.1) is 6.58 Å². The number of hydrogen-bond donors (Lipinski definition) is 0. The minimum atomic E-state index is -3.81. The maximum Gasteiger partial charge on any atom is 0.264 e. The van der Waals surface area contributed by atoms with Gasteiger partial charge in [-0.3, -0.25) is 4.31 Å². The van der Waals surface area contributed by atoms with Gasteiger partial charge in [0.2, 0.25) is 0 Å². The van der Waals surface area contributed by atoms with E-state index in [2.05, 4.69) is 6.58 Å². The number of aryl methyl sites for hydroxylation is 1. The lowest BCUT2D eigenvalue weighted by Gasteiger charge is -2.24. The molecular weight excluding hydrogens is 369 g/mol. The molecule has 0 heterocycles. The molecule has 2 aromatic carbocycles. The molecular formula is C17H17Cl2NO3S. The van der Waals surface area contributed by atoms with E-state index in [4.69, 9.17) is 27.9 Å². The number of hydrogen-bond acceptors (Lipinski definition) is 3. The second kappa shape index (κ2) is 7.47. The Kier molecular flexibility index (Phi) is 5.80. The van der Waals surface area contributed by atoms with Crippen LogP contribution >= 0.6 is 23.2 Å². The van der Waals surface area contributed by atoms with Gasteiger partial charge in [-0.1, -0.05) is 29.3 Å². The van der Waals surface area contributed by atoms with Crippen molar-refractivity contribution in [2.24, 2.45) is 0 Å². The molecule has 0 aliphatic carbocycles. The molecule has 0 saturated heterocycles. The molecule has 0 atom stereocenters. The first-order valence-electron chi connectivity index (χ1n) is 7.04. The number of benzene rings is 2. The molecule has 0 amide bonds. The number of methoxy groups -OCH3 is 1. The monoisotopic (exact) mass is 385 g/mol. The van der Waals surface area contributed by atoms with Crippen LogP contribution in [0.5, 0.6) is 5.75 Å². The SMILES string of the molecule is C=CCN(c1cc(Cl)cc(Cl)c1)S(=O)(=O)c1ccc(OC)c(C)c1. The van der Waals surface area contributed by atoms with Gasteiger partial charge in [-0.2, -0.15) is 0 Å². The van der Waals surface area contributed by atoms with Crippen molar-refractivity contribution in [3.8, 4) is 5.75 Å². The first-order valence-corrected chi connectivity index (χ1v) is 9.23. The molecule has 2 rings (SSSR count). The van der Waals surface area contributed by atoms with Crippen LogP contribution in [-0.2, 0) is 10.0 Å². The predicted octanol–water partition coefficient (Wildman–Crippen LogP) is 4.69. The van der Waals surface area contributed by atoms with Crippen molar-refractivity contribution in [1.82, 2.24) is 0 Å². The van der Waals surface area contributed by atoms with Crippen LogP contribution in [-0.4, -0.2) is 22.1 Å². The van der Waals surface area contributed by atoms with Gasteiger partial charge in [0.15, 0.2) is 0 Å². The highest BCUT2D eigenvalue weighted by Crippen LogP contribution is 2.31. The quantitative estimate of drug-likeness (QED) is 0.677. The van der Waals surface area contributed by atoms with Gasteiger partial charge >= 0.3 is 0 Å². The van der Waals surface area contributed by atoms with Crippen LogP contribution in [0, 0.1) is 6.92 Å². The largest absolute Gasteiger partial charge is 0.496 e. The third-order valence-electron chi connectivity index (χ3n) is 3.38. The molecule has 128 valence electrons. The number of rotatable bonds is 6. The summed E-state index contributed by atoms with van der Waals surface area (Å²) in [6.07, 6.45) is 1.50. The van der Waals surface area contributed by atoms with E-state index in [0.717, 1.165) is 5.56 Å². The van der Waals surface area contributed by atoms with Crippen molar-refractivity contribution < 1.29 is 13.2 Å². The summed E-state index contributed by atoms with van der Waals surface area (Å²) in [6.45, 7) is 5.50. The van der Waals surface area contributed by atoms with Crippen LogP contribution in [0.1, 0.15) is 5.56 Å². The van der Waals surface area contributed by atoms with E-state index in [1.165, 1.54) is 23.6 Å². The third kappa shape index (κ3) is 3.86. The Morgan fingerprint density at radius 3 is 2.29 bits per heavy atom. The molecule has 0 N–H and O–H groups in total. The van der Waals surface area contributed by atoms with Crippen molar-refractivity contribution in [3.63, 3.8) is 0 Å². The average molecular weight is 386 g/mol. The topological polar surface area (TPSA) is 46.6 Å². The van der Waals surface area contributed by atoms with Gasteiger partial charge in [-0.05, 0) is 48.9 Å². The fraction of sp³-hybridized carbons (Fsp3) is 0.176. The Morgan fingerprint density at radius 1 is 1.17 bits per heavy atom. The van der Waals surface area contributed by atoms with E-state index in [1.54, 1.807) is 37.3 Å². The summed E-state index contributed by atoms with van der Waals surface area (Å²) in [6, 6.07) is 9.33. The Bertz CT molecular complexity index is 846. The molecule has 0 bridgehead atoms. The van der Waals surface area contributed by atoms with Crippen LogP contribution in [0.4, 0.5) is 5.69 Å². The molecule has 0 fully saturated rings. The molecule has 0 aromatic heterocycles. The van der Waals surface area contributed by atoms with Crippen molar-refractivity contribution in [2.75, 3.05) is 18.0 Å². The van der Waals surface area contributed by atoms with Crippen LogP contribution in [0.15, 0.2) is 53.9 Å². The van der Waals surface area contributed by atoms with Crippen molar-refractivity contribution >= 4 is 38.9 Å². The number of ether oxygens (including phenoxy) is 1. The standard InChI is InChI=1S/C17H17Cl2NO3S/c1-4-7-20(15-10-13(18)9-14(19)11-15)24(21,22)16-5-6-17(23-3)12(2)8-16/h4-6,8-11H,1,7H2,2-3H3. The maximum absolute atomic E-state index is 13.0. The first kappa shape index (κ1) is 18.6. The van der Waals surface area contributed by atoms with Crippen molar-refractivity contribution in [3.05, 3.63) is 64.7 Å². The molecule has 0 aliphatic rings. The Labute approximate surface area is 152 Å². The molecule has 0 unspecified atom stereocenters. The van der Waals surface area contributed by atoms with E-state index >= 15 is 0 Å². The van der Waals surface area contributed by atoms with Crippen LogP contribution in [0.3, 0.4) is 0 Å². The van der Waals surface area contributed by atoms with E-state index in [0.29, 0.717) is 21.5 Å². The fourth-order valence-electron chi connectivity index (χ4n) is 2.28. The zero-order chi connectivity index (χ0) is 17.9. The van der Waals surface area contributed by atoms with Crippen LogP contribution < -0.4 is 9.04 Å². The number of halogens is 2. The van der Waals surface area contributed by atoms with Crippen molar-refractivity contribution in [2.45, 2.75) is 11.8 Å². The minimum Gasteiger partial charge on any atom is -0.496 e. The van der Waals surface area contributed by atoms with Gasteiger partial charge < -0.3 is 4.74 Å². The molecule has 0 spiro atoms. The maximum atomic E-state index is 13.0. The number of nitrogens with zero attached hydrogens (tertiary/aromatic N) is 1. The summed E-state index contributed by atoms with van der Waals surface area (Å²) in [7, 11) is -2.27. The van der Waals surface area contributed by atoms with E-state index in [1.807, 2.05) is 0 Å². The lowest BCUT2D eigenvalue weighted by atomic mass is 10.2. The van der Waals surface area contributed by atoms with Gasteiger partial charge in [0.25, 0.3) is 10.0 Å². The molecule has 0 radical (unpaired) electrons. The van der Waals surface area contributed by atoms with Crippen molar-refractivity contribution in [1.29, 1.82) is 0 Å². The van der Waals surface area contributed by atoms with Gasteiger partial charge in [-0.25, -0.2) is 8.42 Å². The summed E-state index contributed by atoms with van der Waals surface area (Å²) in [5.41, 5.74) is 1.10. The molecule has 0 saturated carbocycles. The smallest absolute Gasteiger partial charge is 0.264 e. The normalized spacial score (nSPS) is 11.2. The van der Waals surface area contributed by atoms with E-state index in [9.17, 15) is 8.42 Å². The van der Waals surface area contributed by atoms with Gasteiger partial charge in [0, 0.05) is 10.0 Å². The molecule has 2 aromatic rings. The average Bonchev–Trinajstić information content (AvgIpc) is 2.51. The molecule has 7 heteroatoms. The third-order valence-corrected chi connectivity index (χ3v) is 5.61. The molecule has 0 aliphatic heterocycles. The number of sulfonamides is 1. The highest BCUT2D eigenvalue weighted by atomic mass is 35.5. The summed E-state index contributed by atoms with van der Waals surface area (Å²) < 4.78 is 32.5. The van der Waals surface area contributed by atoms with Crippen LogP contribution in [0.25, 0.3) is 0 Å². The Morgan fingerprint density at radius 2 is 1.79 bits per heavy atom. The summed E-state index contributed by atoms with van der Waals surface area (Å²) in [4.78, 5) is 0.152. The van der Waals surface area contributed by atoms with Gasteiger partial charge in [0.05, 0.1) is 24.2 Å². The van der Waals surface area contributed by atoms with E-state index < -0.39 is 10.0 Å². The predicted molar refractivity (Wildman–Crippen MR) is 98.9 cm³/mol. The van der Waals surface area contributed by atoms with Gasteiger partial charge in [0.1, 0.15) is 5.75 Å². The first-order chi connectivity index (χ1) is 11.3. The highest BCUT2D eigenvalue weighted by molar-refractivity contribution is 7.92.